The van der Waals surface area contributed by atoms with E-state index >= 15 is 0 Å². The van der Waals surface area contributed by atoms with Gasteiger partial charge in [-0.05, 0) is 30.5 Å². The fourth-order valence-electron chi connectivity index (χ4n) is 1.70. The van der Waals surface area contributed by atoms with Gasteiger partial charge in [-0.25, -0.2) is 0 Å². The quantitative estimate of drug-likeness (QED) is 0.576. The van der Waals surface area contributed by atoms with Gasteiger partial charge in [0.25, 0.3) is 0 Å². The Morgan fingerprint density at radius 3 is 2.85 bits per heavy atom. The van der Waals surface area contributed by atoms with E-state index in [0.29, 0.717) is 5.56 Å². The van der Waals surface area contributed by atoms with Crippen LogP contribution >= 0.6 is 0 Å². The number of amides is 1. The lowest BCUT2D eigenvalue weighted by Gasteiger charge is -2.08. The molecule has 1 aliphatic carbocycles. The first-order valence-corrected chi connectivity index (χ1v) is 6.40. The van der Waals surface area contributed by atoms with Gasteiger partial charge in [0.2, 0.25) is 5.91 Å². The van der Waals surface area contributed by atoms with Crippen LogP contribution in [0.3, 0.4) is 0 Å². The minimum Gasteiger partial charge on any atom is -0.486 e. The van der Waals surface area contributed by atoms with Gasteiger partial charge in [0.1, 0.15) is 0 Å². The monoisotopic (exact) mass is 280 g/mol. The molecule has 20 heavy (non-hydrogen) atoms. The molecule has 1 aromatic carbocycles. The maximum absolute atomic E-state index is 11.5. The van der Waals surface area contributed by atoms with Gasteiger partial charge in [-0.2, -0.15) is 0 Å². The van der Waals surface area contributed by atoms with Crippen molar-refractivity contribution in [1.82, 2.24) is 5.32 Å². The summed E-state index contributed by atoms with van der Waals surface area (Å²) in [7, 11) is 0. The Kier molecular flexibility index (Phi) is 4.52. The van der Waals surface area contributed by atoms with Crippen LogP contribution in [0.4, 0.5) is 5.69 Å². The molecule has 0 atom stereocenters. The van der Waals surface area contributed by atoms with Gasteiger partial charge in [0.15, 0.2) is 5.75 Å². The van der Waals surface area contributed by atoms with Crippen molar-refractivity contribution in [3.63, 3.8) is 0 Å². The summed E-state index contributed by atoms with van der Waals surface area (Å²) in [5, 5.41) is 22.7. The number of carbonyl (C=O) groups excluding carboxylic acids is 1. The minimum absolute atomic E-state index is 0.0638. The lowest BCUT2D eigenvalue weighted by molar-refractivity contribution is -0.385. The fourth-order valence-corrected chi connectivity index (χ4v) is 1.70. The van der Waals surface area contributed by atoms with Crippen molar-refractivity contribution in [2.45, 2.75) is 31.9 Å². The number of nitrogens with one attached hydrogen (secondary N) is 1. The second-order valence-electron chi connectivity index (χ2n) is 4.66. The Balaban J connectivity index is 1.92. The predicted molar refractivity (Wildman–Crippen MR) is 70.3 cm³/mol. The van der Waals surface area contributed by atoms with Crippen LogP contribution in [-0.4, -0.2) is 28.6 Å². The number of benzene rings is 1. The molecule has 0 aliphatic heterocycles. The summed E-state index contributed by atoms with van der Waals surface area (Å²) < 4.78 is 5.30. The molecule has 0 radical (unpaired) electrons. The van der Waals surface area contributed by atoms with Crippen LogP contribution in [0.2, 0.25) is 0 Å². The Hall–Kier alpha value is -2.15. The topological polar surface area (TPSA) is 102 Å². The van der Waals surface area contributed by atoms with Crippen molar-refractivity contribution >= 4 is 11.6 Å². The van der Waals surface area contributed by atoms with Gasteiger partial charge in [0, 0.05) is 12.1 Å². The van der Waals surface area contributed by atoms with Crippen molar-refractivity contribution in [1.29, 1.82) is 0 Å². The lowest BCUT2D eigenvalue weighted by Crippen LogP contribution is -2.26. The molecule has 1 aromatic rings. The molecule has 2 rings (SSSR count). The van der Waals surface area contributed by atoms with Crippen molar-refractivity contribution in [2.24, 2.45) is 0 Å². The highest BCUT2D eigenvalue weighted by molar-refractivity contribution is 5.76. The van der Waals surface area contributed by atoms with E-state index in [1.165, 1.54) is 18.2 Å². The molecule has 1 amide bonds. The second-order valence-corrected chi connectivity index (χ2v) is 4.66. The molecule has 0 unspecified atom stereocenters. The number of ether oxygens (including phenoxy) is 1. The molecule has 0 saturated heterocycles. The van der Waals surface area contributed by atoms with E-state index < -0.39 is 4.92 Å². The minimum atomic E-state index is -0.555. The van der Waals surface area contributed by atoms with E-state index in [9.17, 15) is 14.9 Å². The largest absolute Gasteiger partial charge is 0.486 e. The van der Waals surface area contributed by atoms with Gasteiger partial charge in [-0.1, -0.05) is 0 Å². The molecule has 1 aliphatic rings. The van der Waals surface area contributed by atoms with E-state index in [-0.39, 0.29) is 43.0 Å². The molecular formula is C13H16N2O5. The Morgan fingerprint density at radius 2 is 2.25 bits per heavy atom. The van der Waals surface area contributed by atoms with Crippen molar-refractivity contribution < 1.29 is 19.6 Å². The Bertz CT molecular complexity index is 513. The molecule has 2 N–H and O–H groups in total. The smallest absolute Gasteiger partial charge is 0.310 e. The summed E-state index contributed by atoms with van der Waals surface area (Å²) in [5.41, 5.74) is 0.345. The third-order valence-corrected chi connectivity index (χ3v) is 2.93. The first-order valence-electron chi connectivity index (χ1n) is 6.40. The number of rotatable bonds is 7. The molecule has 0 spiro atoms. The Labute approximate surface area is 115 Å². The van der Waals surface area contributed by atoms with E-state index in [4.69, 9.17) is 9.84 Å². The van der Waals surface area contributed by atoms with Crippen molar-refractivity contribution in [3.05, 3.63) is 33.9 Å². The summed E-state index contributed by atoms with van der Waals surface area (Å²) in [6.45, 7) is -0.162. The fraction of sp³-hybridized carbons (Fsp3) is 0.462. The average Bonchev–Trinajstić information content (AvgIpc) is 3.22. The first kappa shape index (κ1) is 14.3. The predicted octanol–water partition coefficient (Wildman–Crippen LogP) is 1.13. The highest BCUT2D eigenvalue weighted by atomic mass is 16.6. The molecule has 1 saturated carbocycles. The van der Waals surface area contributed by atoms with Gasteiger partial charge >= 0.3 is 5.69 Å². The zero-order chi connectivity index (χ0) is 14.5. The van der Waals surface area contributed by atoms with Crippen LogP contribution in [0.25, 0.3) is 0 Å². The Morgan fingerprint density at radius 1 is 1.50 bits per heavy atom. The molecule has 108 valence electrons. The highest BCUT2D eigenvalue weighted by Gasteiger charge is 2.23. The van der Waals surface area contributed by atoms with Crippen LogP contribution in [0.5, 0.6) is 5.75 Å². The van der Waals surface area contributed by atoms with Crippen LogP contribution in [0, 0.1) is 10.1 Å². The number of nitro groups is 1. The first-order chi connectivity index (χ1) is 9.60. The van der Waals surface area contributed by atoms with Gasteiger partial charge in [-0.3, -0.25) is 14.9 Å². The van der Waals surface area contributed by atoms with Crippen LogP contribution in [0.1, 0.15) is 24.8 Å². The SMILES string of the molecule is O=C(CCOc1cc(CO)ccc1[N+](=O)[O-])NC1CC1. The van der Waals surface area contributed by atoms with Crippen LogP contribution in [0.15, 0.2) is 18.2 Å². The average molecular weight is 280 g/mol. The number of carbonyl (C=O) groups is 1. The normalized spacial score (nSPS) is 13.8. The lowest BCUT2D eigenvalue weighted by atomic mass is 10.2. The molecule has 0 aromatic heterocycles. The molecule has 7 nitrogen and oxygen atoms in total. The summed E-state index contributed by atoms with van der Waals surface area (Å²) in [6, 6.07) is 4.45. The number of aliphatic hydroxyl groups is 1. The third kappa shape index (κ3) is 3.92. The molecular weight excluding hydrogens is 264 g/mol. The van der Waals surface area contributed by atoms with Crippen LogP contribution < -0.4 is 10.1 Å². The van der Waals surface area contributed by atoms with E-state index in [0.717, 1.165) is 12.8 Å². The maximum atomic E-state index is 11.5. The molecule has 1 fully saturated rings. The van der Waals surface area contributed by atoms with E-state index in [1.807, 2.05) is 0 Å². The highest BCUT2D eigenvalue weighted by Crippen LogP contribution is 2.28. The molecule has 0 bridgehead atoms. The third-order valence-electron chi connectivity index (χ3n) is 2.93. The molecule has 7 heteroatoms. The zero-order valence-corrected chi connectivity index (χ0v) is 10.9. The van der Waals surface area contributed by atoms with E-state index in [2.05, 4.69) is 5.32 Å². The maximum Gasteiger partial charge on any atom is 0.310 e. The van der Waals surface area contributed by atoms with Crippen LogP contribution in [-0.2, 0) is 11.4 Å². The summed E-state index contributed by atoms with van der Waals surface area (Å²) in [4.78, 5) is 21.8. The van der Waals surface area contributed by atoms with Crippen molar-refractivity contribution in [3.8, 4) is 5.75 Å². The van der Waals surface area contributed by atoms with E-state index in [1.54, 1.807) is 0 Å². The standard InChI is InChI=1S/C13H16N2O5/c16-8-9-1-4-11(15(18)19)12(7-9)20-6-5-13(17)14-10-2-3-10/h1,4,7,10,16H,2-3,5-6,8H2,(H,14,17). The number of hydrogen-bond donors (Lipinski definition) is 2. The number of aliphatic hydroxyl groups excluding tert-OH is 1. The van der Waals surface area contributed by atoms with Gasteiger partial charge < -0.3 is 15.2 Å². The second kappa shape index (κ2) is 6.33. The molecule has 0 heterocycles. The zero-order valence-electron chi connectivity index (χ0n) is 10.9. The van der Waals surface area contributed by atoms with Gasteiger partial charge in [0.05, 0.1) is 24.6 Å². The van der Waals surface area contributed by atoms with Crippen molar-refractivity contribution in [2.75, 3.05) is 6.61 Å². The number of nitro benzene ring substituents is 1. The summed E-state index contributed by atoms with van der Waals surface area (Å²) >= 11 is 0. The summed E-state index contributed by atoms with van der Waals surface area (Å²) in [5.74, 6) is -0.0470. The van der Waals surface area contributed by atoms with Gasteiger partial charge in [-0.15, -0.1) is 0 Å². The number of hydrogen-bond acceptors (Lipinski definition) is 5. The number of nitrogens with zero attached hydrogens (tertiary/aromatic N) is 1. The summed E-state index contributed by atoms with van der Waals surface area (Å²) in [6.07, 6.45) is 2.17.